The zero-order chi connectivity index (χ0) is 19.8. The number of ether oxygens (including phenoxy) is 1. The van der Waals surface area contributed by atoms with Crippen molar-refractivity contribution in [3.63, 3.8) is 0 Å². The van der Waals surface area contributed by atoms with Crippen LogP contribution in [0.15, 0.2) is 34.7 Å². The zero-order valence-electron chi connectivity index (χ0n) is 15.6. The minimum atomic E-state index is -0.476. The van der Waals surface area contributed by atoms with Gasteiger partial charge in [0.2, 0.25) is 5.55 Å². The SMILES string of the molecule is COC(=O)c1c(NC(=O)c2cc3ccccc3oc2=N)sc2c1CC[C@@H](C)C2. The molecule has 6 nitrogen and oxygen atoms in total. The molecule has 1 aliphatic rings. The number of amides is 1. The predicted molar refractivity (Wildman–Crippen MR) is 107 cm³/mol. The highest BCUT2D eigenvalue weighted by Crippen LogP contribution is 2.40. The van der Waals surface area contributed by atoms with Gasteiger partial charge in [-0.25, -0.2) is 4.79 Å². The summed E-state index contributed by atoms with van der Waals surface area (Å²) in [6.07, 6.45) is 2.68. The standard InChI is InChI=1S/C21H20N2O4S/c1-11-7-8-13-16(9-11)28-20(17(13)21(25)26-2)23-19(24)14-10-12-5-3-4-6-15(12)27-18(14)22/h3-6,10-11,22H,7-9H2,1-2H3,(H,23,24)/t11-/m1/s1. The molecule has 2 aromatic heterocycles. The molecule has 1 aromatic carbocycles. The molecule has 0 unspecified atom stereocenters. The summed E-state index contributed by atoms with van der Waals surface area (Å²) in [5.74, 6) is -0.382. The van der Waals surface area contributed by atoms with E-state index in [9.17, 15) is 9.59 Å². The highest BCUT2D eigenvalue weighted by molar-refractivity contribution is 7.17. The minimum Gasteiger partial charge on any atom is -0.465 e. The van der Waals surface area contributed by atoms with Crippen molar-refractivity contribution in [3.05, 3.63) is 57.5 Å². The molecule has 144 valence electrons. The van der Waals surface area contributed by atoms with E-state index in [-0.39, 0.29) is 11.1 Å². The van der Waals surface area contributed by atoms with Crippen LogP contribution in [-0.2, 0) is 17.6 Å². The van der Waals surface area contributed by atoms with Crippen molar-refractivity contribution in [2.75, 3.05) is 12.4 Å². The number of benzene rings is 1. The van der Waals surface area contributed by atoms with Gasteiger partial charge in [0.25, 0.3) is 5.91 Å². The van der Waals surface area contributed by atoms with E-state index in [1.54, 1.807) is 12.1 Å². The molecule has 7 heteroatoms. The van der Waals surface area contributed by atoms with Crippen LogP contribution >= 0.6 is 11.3 Å². The van der Waals surface area contributed by atoms with Crippen molar-refractivity contribution in [2.24, 2.45) is 5.92 Å². The Labute approximate surface area is 165 Å². The molecule has 0 spiro atoms. The van der Waals surface area contributed by atoms with Crippen LogP contribution < -0.4 is 10.9 Å². The largest absolute Gasteiger partial charge is 0.465 e. The number of esters is 1. The summed E-state index contributed by atoms with van der Waals surface area (Å²) in [5.41, 5.74) is 1.85. The van der Waals surface area contributed by atoms with Gasteiger partial charge in [-0.3, -0.25) is 10.2 Å². The van der Waals surface area contributed by atoms with Crippen LogP contribution in [0.3, 0.4) is 0 Å². The van der Waals surface area contributed by atoms with E-state index in [0.717, 1.165) is 35.1 Å². The first-order valence-electron chi connectivity index (χ1n) is 9.09. The Morgan fingerprint density at radius 2 is 2.11 bits per heavy atom. The Hall–Kier alpha value is -2.93. The number of para-hydroxylation sites is 1. The first-order chi connectivity index (χ1) is 13.5. The Bertz CT molecular complexity index is 1150. The Kier molecular flexibility index (Phi) is 4.77. The second-order valence-corrected chi connectivity index (χ2v) is 8.13. The molecule has 1 atom stereocenters. The van der Waals surface area contributed by atoms with Crippen molar-refractivity contribution < 1.29 is 18.7 Å². The fourth-order valence-electron chi connectivity index (χ4n) is 3.57. The van der Waals surface area contributed by atoms with Gasteiger partial charge in [-0.05, 0) is 42.9 Å². The van der Waals surface area contributed by atoms with E-state index in [4.69, 9.17) is 14.6 Å². The van der Waals surface area contributed by atoms with Crippen LogP contribution in [0.2, 0.25) is 0 Å². The second kappa shape index (κ2) is 7.24. The number of carbonyl (C=O) groups excluding carboxylic acids is 2. The number of rotatable bonds is 3. The first kappa shape index (κ1) is 18.4. The smallest absolute Gasteiger partial charge is 0.341 e. The summed E-state index contributed by atoms with van der Waals surface area (Å²) in [4.78, 5) is 26.4. The van der Waals surface area contributed by atoms with Crippen LogP contribution in [0.25, 0.3) is 11.0 Å². The van der Waals surface area contributed by atoms with Crippen LogP contribution in [0.5, 0.6) is 0 Å². The number of nitrogens with one attached hydrogen (secondary N) is 2. The molecule has 4 rings (SSSR count). The Morgan fingerprint density at radius 1 is 1.32 bits per heavy atom. The number of methoxy groups -OCH3 is 1. The van der Waals surface area contributed by atoms with E-state index in [2.05, 4.69) is 12.2 Å². The van der Waals surface area contributed by atoms with Gasteiger partial charge < -0.3 is 14.5 Å². The van der Waals surface area contributed by atoms with E-state index >= 15 is 0 Å². The van der Waals surface area contributed by atoms with Crippen molar-refractivity contribution in [3.8, 4) is 0 Å². The lowest BCUT2D eigenvalue weighted by Gasteiger charge is -2.18. The summed E-state index contributed by atoms with van der Waals surface area (Å²) in [5, 5.41) is 12.1. The van der Waals surface area contributed by atoms with E-state index < -0.39 is 11.9 Å². The van der Waals surface area contributed by atoms with Gasteiger partial charge in [-0.2, -0.15) is 0 Å². The first-order valence-corrected chi connectivity index (χ1v) is 9.91. The third kappa shape index (κ3) is 3.22. The molecule has 0 aliphatic heterocycles. The zero-order valence-corrected chi connectivity index (χ0v) is 16.4. The molecule has 2 N–H and O–H groups in total. The highest BCUT2D eigenvalue weighted by Gasteiger charge is 2.29. The highest BCUT2D eigenvalue weighted by atomic mass is 32.1. The molecular formula is C21H20N2O4S. The summed E-state index contributed by atoms with van der Waals surface area (Å²) in [6.45, 7) is 2.18. The molecule has 0 saturated carbocycles. The predicted octanol–water partition coefficient (Wildman–Crippen LogP) is 4.14. The summed E-state index contributed by atoms with van der Waals surface area (Å²) >= 11 is 1.42. The van der Waals surface area contributed by atoms with Crippen molar-refractivity contribution in [1.29, 1.82) is 5.41 Å². The quantitative estimate of drug-likeness (QED) is 0.651. The summed E-state index contributed by atoms with van der Waals surface area (Å²) in [7, 11) is 1.34. The Balaban J connectivity index is 1.73. The monoisotopic (exact) mass is 396 g/mol. The summed E-state index contributed by atoms with van der Waals surface area (Å²) < 4.78 is 10.4. The number of hydrogen-bond acceptors (Lipinski definition) is 6. The number of thiophene rings is 1. The molecule has 0 fully saturated rings. The van der Waals surface area contributed by atoms with E-state index in [0.29, 0.717) is 22.1 Å². The van der Waals surface area contributed by atoms with Crippen LogP contribution in [-0.4, -0.2) is 19.0 Å². The maximum absolute atomic E-state index is 12.9. The average Bonchev–Trinajstić information content (AvgIpc) is 3.03. The van der Waals surface area contributed by atoms with Crippen molar-refractivity contribution in [1.82, 2.24) is 0 Å². The molecule has 1 aliphatic carbocycles. The number of fused-ring (bicyclic) bond motifs is 2. The lowest BCUT2D eigenvalue weighted by molar-refractivity contribution is 0.0601. The van der Waals surface area contributed by atoms with Crippen molar-refractivity contribution >= 4 is 39.2 Å². The molecule has 2 heterocycles. The van der Waals surface area contributed by atoms with Gasteiger partial charge in [0, 0.05) is 10.3 Å². The maximum atomic E-state index is 12.9. The lowest BCUT2D eigenvalue weighted by Crippen LogP contribution is -2.21. The second-order valence-electron chi connectivity index (χ2n) is 7.03. The van der Waals surface area contributed by atoms with Gasteiger partial charge in [-0.15, -0.1) is 11.3 Å². The fourth-order valence-corrected chi connectivity index (χ4v) is 4.97. The van der Waals surface area contributed by atoms with Gasteiger partial charge in [0.1, 0.15) is 16.1 Å². The minimum absolute atomic E-state index is 0.120. The maximum Gasteiger partial charge on any atom is 0.341 e. The molecule has 0 bridgehead atoms. The van der Waals surface area contributed by atoms with Gasteiger partial charge in [-0.1, -0.05) is 25.1 Å². The lowest BCUT2D eigenvalue weighted by atomic mass is 9.88. The van der Waals surface area contributed by atoms with Gasteiger partial charge >= 0.3 is 5.97 Å². The van der Waals surface area contributed by atoms with Gasteiger partial charge in [0.05, 0.1) is 12.7 Å². The summed E-state index contributed by atoms with van der Waals surface area (Å²) in [6, 6.07) is 8.85. The molecule has 1 amide bonds. The molecule has 0 radical (unpaired) electrons. The average molecular weight is 396 g/mol. The molecular weight excluding hydrogens is 376 g/mol. The number of carbonyl (C=O) groups is 2. The van der Waals surface area contributed by atoms with E-state index in [1.807, 2.05) is 18.2 Å². The number of hydrogen-bond donors (Lipinski definition) is 2. The van der Waals surface area contributed by atoms with Crippen LogP contribution in [0.4, 0.5) is 5.00 Å². The van der Waals surface area contributed by atoms with E-state index in [1.165, 1.54) is 18.4 Å². The molecule has 28 heavy (non-hydrogen) atoms. The Morgan fingerprint density at radius 3 is 2.89 bits per heavy atom. The third-order valence-electron chi connectivity index (χ3n) is 5.05. The number of anilines is 1. The normalized spacial score (nSPS) is 15.9. The fraction of sp³-hybridized carbons (Fsp3) is 0.286. The van der Waals surface area contributed by atoms with Gasteiger partial charge in [0.15, 0.2) is 0 Å². The van der Waals surface area contributed by atoms with Crippen LogP contribution in [0.1, 0.15) is 44.5 Å². The van der Waals surface area contributed by atoms with Crippen molar-refractivity contribution in [2.45, 2.75) is 26.2 Å². The van der Waals surface area contributed by atoms with Crippen LogP contribution in [0, 0.1) is 11.3 Å². The third-order valence-corrected chi connectivity index (χ3v) is 6.22. The topological polar surface area (TPSA) is 92.4 Å². The molecule has 0 saturated heterocycles. The molecule has 3 aromatic rings.